The number of thioether (sulfide) groups is 1. The molecule has 1 aliphatic carbocycles. The van der Waals surface area contributed by atoms with Crippen LogP contribution in [0, 0.1) is 11.8 Å². The molecule has 3 amide bonds. The van der Waals surface area contributed by atoms with E-state index in [-0.39, 0.29) is 17.9 Å². The summed E-state index contributed by atoms with van der Waals surface area (Å²) in [6.45, 7) is 1.18. The van der Waals surface area contributed by atoms with Gasteiger partial charge in [0.15, 0.2) is 0 Å². The fraction of sp³-hybridized carbons (Fsp3) is 0.579. The summed E-state index contributed by atoms with van der Waals surface area (Å²) in [7, 11) is 3.55. The molecule has 1 saturated carbocycles. The summed E-state index contributed by atoms with van der Waals surface area (Å²) in [5, 5.41) is 3.02. The summed E-state index contributed by atoms with van der Waals surface area (Å²) >= 11 is 13.9. The zero-order valence-electron chi connectivity index (χ0n) is 15.6. The first-order valence-electron chi connectivity index (χ1n) is 9.14. The van der Waals surface area contributed by atoms with Crippen molar-refractivity contribution < 1.29 is 9.59 Å². The van der Waals surface area contributed by atoms with Crippen molar-refractivity contribution in [3.8, 4) is 0 Å². The Balaban J connectivity index is 1.53. The number of hydrogen-bond acceptors (Lipinski definition) is 3. The number of hydrogen-bond donors (Lipinski definition) is 1. The minimum Gasteiger partial charge on any atom is -0.349 e. The largest absolute Gasteiger partial charge is 0.349 e. The number of nitrogens with one attached hydrogen (secondary N) is 1. The Bertz CT molecular complexity index is 706. The average Bonchev–Trinajstić information content (AvgIpc) is 3.27. The Morgan fingerprint density at radius 2 is 1.89 bits per heavy atom. The maximum Gasteiger partial charge on any atom is 0.321 e. The second-order valence-electron chi connectivity index (χ2n) is 7.39. The van der Waals surface area contributed by atoms with E-state index in [4.69, 9.17) is 23.2 Å². The number of benzene rings is 1. The van der Waals surface area contributed by atoms with Crippen LogP contribution in [-0.4, -0.2) is 59.0 Å². The molecule has 27 heavy (non-hydrogen) atoms. The van der Waals surface area contributed by atoms with Crippen LogP contribution in [0.2, 0.25) is 0 Å². The minimum atomic E-state index is -0.584. The summed E-state index contributed by atoms with van der Waals surface area (Å²) < 4.78 is -0.584. The molecule has 1 aromatic rings. The van der Waals surface area contributed by atoms with Crippen molar-refractivity contribution in [2.24, 2.45) is 11.8 Å². The van der Waals surface area contributed by atoms with Gasteiger partial charge in [-0.3, -0.25) is 4.79 Å². The van der Waals surface area contributed by atoms with E-state index in [0.717, 1.165) is 22.8 Å². The number of carbonyl (C=O) groups excluding carboxylic acids is 2. The van der Waals surface area contributed by atoms with E-state index in [1.54, 1.807) is 35.7 Å². The molecule has 1 atom stereocenters. The lowest BCUT2D eigenvalue weighted by atomic mass is 9.96. The predicted octanol–water partition coefficient (Wildman–Crippen LogP) is 4.30. The van der Waals surface area contributed by atoms with E-state index in [0.29, 0.717) is 31.8 Å². The van der Waals surface area contributed by atoms with Gasteiger partial charge >= 0.3 is 6.03 Å². The molecule has 3 rings (SSSR count). The smallest absolute Gasteiger partial charge is 0.321 e. The monoisotopic (exact) mass is 429 g/mol. The topological polar surface area (TPSA) is 52.7 Å². The van der Waals surface area contributed by atoms with E-state index in [9.17, 15) is 9.59 Å². The summed E-state index contributed by atoms with van der Waals surface area (Å²) in [5.41, 5.74) is 0.800. The van der Waals surface area contributed by atoms with Gasteiger partial charge < -0.3 is 15.1 Å². The molecule has 0 radical (unpaired) electrons. The molecule has 148 valence electrons. The molecule has 0 aromatic heterocycles. The summed E-state index contributed by atoms with van der Waals surface area (Å²) in [6.07, 6.45) is 2.23. The van der Waals surface area contributed by atoms with Crippen LogP contribution in [0.25, 0.3) is 0 Å². The van der Waals surface area contributed by atoms with Gasteiger partial charge in [0.05, 0.1) is 5.69 Å². The van der Waals surface area contributed by atoms with Crippen molar-refractivity contribution in [1.29, 1.82) is 0 Å². The first-order valence-corrected chi connectivity index (χ1v) is 10.9. The maximum absolute atomic E-state index is 12.7. The van der Waals surface area contributed by atoms with Crippen molar-refractivity contribution in [1.82, 2.24) is 9.80 Å². The third-order valence-corrected chi connectivity index (χ3v) is 7.26. The standard InChI is InChI=1S/C19H25Cl2N3O2S/c1-23(2)17(25)13-7-9-24(10-8-13)18(26)22-15-5-3-4-6-16(15)27-12-14-11-19(14,20)21/h3-6,13-14H,7-12H2,1-2H3,(H,22,26). The normalized spacial score (nSPS) is 21.6. The van der Waals surface area contributed by atoms with Gasteiger partial charge in [-0.25, -0.2) is 4.79 Å². The van der Waals surface area contributed by atoms with E-state index in [1.807, 2.05) is 24.3 Å². The lowest BCUT2D eigenvalue weighted by Crippen LogP contribution is -2.44. The highest BCUT2D eigenvalue weighted by Crippen LogP contribution is 2.55. The molecule has 5 nitrogen and oxygen atoms in total. The molecule has 1 saturated heterocycles. The van der Waals surface area contributed by atoms with Crippen molar-refractivity contribution in [2.75, 3.05) is 38.3 Å². The minimum absolute atomic E-state index is 0.0109. The van der Waals surface area contributed by atoms with E-state index in [1.165, 1.54) is 0 Å². The molecule has 8 heteroatoms. The third-order valence-electron chi connectivity index (χ3n) is 5.10. The van der Waals surface area contributed by atoms with Crippen LogP contribution < -0.4 is 5.32 Å². The molecule has 2 aliphatic rings. The number of halogens is 2. The van der Waals surface area contributed by atoms with E-state index in [2.05, 4.69) is 5.32 Å². The Morgan fingerprint density at radius 3 is 2.48 bits per heavy atom. The number of alkyl halides is 2. The number of anilines is 1. The molecule has 0 spiro atoms. The zero-order valence-corrected chi connectivity index (χ0v) is 17.9. The quantitative estimate of drug-likeness (QED) is 0.560. The van der Waals surface area contributed by atoms with Crippen molar-refractivity contribution in [3.05, 3.63) is 24.3 Å². The number of carbonyl (C=O) groups is 2. The van der Waals surface area contributed by atoms with Crippen molar-refractivity contribution in [3.63, 3.8) is 0 Å². The SMILES string of the molecule is CN(C)C(=O)C1CCN(C(=O)Nc2ccccc2SCC2CC2(Cl)Cl)CC1. The Morgan fingerprint density at radius 1 is 1.26 bits per heavy atom. The molecular weight excluding hydrogens is 405 g/mol. The second kappa shape index (κ2) is 8.50. The fourth-order valence-electron chi connectivity index (χ4n) is 3.23. The maximum atomic E-state index is 12.7. The first kappa shape index (κ1) is 20.6. The van der Waals surface area contributed by atoms with Gasteiger partial charge in [-0.05, 0) is 31.4 Å². The van der Waals surface area contributed by atoms with Crippen LogP contribution in [-0.2, 0) is 4.79 Å². The van der Waals surface area contributed by atoms with Gasteiger partial charge in [0, 0.05) is 49.7 Å². The van der Waals surface area contributed by atoms with Gasteiger partial charge in [-0.15, -0.1) is 35.0 Å². The molecule has 1 aromatic carbocycles. The summed E-state index contributed by atoms with van der Waals surface area (Å²) in [5.74, 6) is 1.28. The molecule has 0 bridgehead atoms. The summed E-state index contributed by atoms with van der Waals surface area (Å²) in [4.78, 5) is 29.1. The number of rotatable bonds is 5. The zero-order chi connectivity index (χ0) is 19.6. The molecule has 2 fully saturated rings. The number of likely N-dealkylation sites (tertiary alicyclic amines) is 1. The van der Waals surface area contributed by atoms with Crippen LogP contribution >= 0.6 is 35.0 Å². The predicted molar refractivity (Wildman–Crippen MR) is 112 cm³/mol. The molecular formula is C19H25Cl2N3O2S. The van der Waals surface area contributed by atoms with Crippen LogP contribution in [0.15, 0.2) is 29.2 Å². The summed E-state index contributed by atoms with van der Waals surface area (Å²) in [6, 6.07) is 7.65. The average molecular weight is 430 g/mol. The van der Waals surface area contributed by atoms with Crippen LogP contribution in [0.1, 0.15) is 19.3 Å². The third kappa shape index (κ3) is 5.24. The number of piperidine rings is 1. The van der Waals surface area contributed by atoms with Crippen molar-refractivity contribution >= 4 is 52.6 Å². The number of para-hydroxylation sites is 1. The highest BCUT2D eigenvalue weighted by Gasteiger charge is 2.51. The fourth-order valence-corrected chi connectivity index (χ4v) is 5.17. The van der Waals surface area contributed by atoms with Crippen molar-refractivity contribution in [2.45, 2.75) is 28.5 Å². The number of nitrogens with zero attached hydrogens (tertiary/aromatic N) is 2. The lowest BCUT2D eigenvalue weighted by molar-refractivity contribution is -0.134. The van der Waals surface area contributed by atoms with Gasteiger partial charge in [0.1, 0.15) is 4.33 Å². The Labute approximate surface area is 174 Å². The molecule has 1 aliphatic heterocycles. The highest BCUT2D eigenvalue weighted by atomic mass is 35.5. The van der Waals surface area contributed by atoms with Crippen LogP contribution in [0.3, 0.4) is 0 Å². The lowest BCUT2D eigenvalue weighted by Gasteiger charge is -2.32. The Hall–Kier alpha value is -1.11. The molecule has 1 heterocycles. The molecule has 1 unspecified atom stereocenters. The first-order chi connectivity index (χ1) is 12.8. The highest BCUT2D eigenvalue weighted by molar-refractivity contribution is 7.99. The van der Waals surface area contributed by atoms with Gasteiger partial charge in [0.2, 0.25) is 5.91 Å². The van der Waals surface area contributed by atoms with Gasteiger partial charge in [-0.2, -0.15) is 0 Å². The van der Waals surface area contributed by atoms with Crippen LogP contribution in [0.5, 0.6) is 0 Å². The number of urea groups is 1. The van der Waals surface area contributed by atoms with Crippen LogP contribution in [0.4, 0.5) is 10.5 Å². The second-order valence-corrected chi connectivity index (χ2v) is 10.00. The molecule has 1 N–H and O–H groups in total. The Kier molecular flexibility index (Phi) is 6.49. The number of amides is 3. The van der Waals surface area contributed by atoms with Gasteiger partial charge in [0.25, 0.3) is 0 Å². The van der Waals surface area contributed by atoms with E-state index >= 15 is 0 Å². The van der Waals surface area contributed by atoms with E-state index < -0.39 is 4.33 Å². The van der Waals surface area contributed by atoms with Gasteiger partial charge in [-0.1, -0.05) is 12.1 Å².